The molecule has 114 valence electrons. The molecule has 0 aromatic heterocycles. The fraction of sp³-hybridized carbons (Fsp3) is 1.00. The molecular weight excluding hydrogens is 236 g/mol. The second-order valence-corrected chi connectivity index (χ2v) is 6.64. The molecule has 2 unspecified atom stereocenters. The first-order chi connectivity index (χ1) is 9.13. The molecule has 3 nitrogen and oxygen atoms in total. The zero-order valence-corrected chi connectivity index (χ0v) is 13.2. The number of aliphatic hydroxyl groups is 1. The first-order valence-corrected chi connectivity index (χ1v) is 8.17. The van der Waals surface area contributed by atoms with E-state index in [-0.39, 0.29) is 0 Å². The Labute approximate surface area is 119 Å². The largest absolute Gasteiger partial charge is 0.396 e. The van der Waals surface area contributed by atoms with Crippen LogP contribution in [0.2, 0.25) is 0 Å². The van der Waals surface area contributed by atoms with Crippen LogP contribution in [-0.4, -0.2) is 49.3 Å². The Morgan fingerprint density at radius 1 is 1.32 bits per heavy atom. The van der Waals surface area contributed by atoms with Crippen LogP contribution in [-0.2, 0) is 0 Å². The second kappa shape index (κ2) is 8.93. The summed E-state index contributed by atoms with van der Waals surface area (Å²) in [5.74, 6) is 0.722. The monoisotopic (exact) mass is 270 g/mol. The fourth-order valence-electron chi connectivity index (χ4n) is 3.41. The van der Waals surface area contributed by atoms with Gasteiger partial charge < -0.3 is 15.3 Å². The number of nitrogens with zero attached hydrogens (tertiary/aromatic N) is 1. The minimum atomic E-state index is 0.350. The highest BCUT2D eigenvalue weighted by Crippen LogP contribution is 2.28. The molecule has 2 N–H and O–H groups in total. The zero-order valence-electron chi connectivity index (χ0n) is 13.2. The van der Waals surface area contributed by atoms with Crippen molar-refractivity contribution in [3.8, 4) is 0 Å². The minimum Gasteiger partial charge on any atom is -0.396 e. The Morgan fingerprint density at radius 3 is 2.74 bits per heavy atom. The normalized spacial score (nSPS) is 23.7. The summed E-state index contributed by atoms with van der Waals surface area (Å²) in [6.07, 6.45) is 6.02. The van der Waals surface area contributed by atoms with Crippen LogP contribution in [0, 0.1) is 11.3 Å². The third kappa shape index (κ3) is 6.24. The molecule has 0 aromatic carbocycles. The summed E-state index contributed by atoms with van der Waals surface area (Å²) in [7, 11) is 0. The lowest BCUT2D eigenvalue weighted by Crippen LogP contribution is -2.42. The van der Waals surface area contributed by atoms with Crippen LogP contribution in [0.15, 0.2) is 0 Å². The summed E-state index contributed by atoms with van der Waals surface area (Å²) in [5, 5.41) is 12.6. The molecule has 0 bridgehead atoms. The summed E-state index contributed by atoms with van der Waals surface area (Å²) < 4.78 is 0. The lowest BCUT2D eigenvalue weighted by Gasteiger charge is -2.34. The summed E-state index contributed by atoms with van der Waals surface area (Å²) in [6.45, 7) is 13.2. The average molecular weight is 270 g/mol. The lowest BCUT2D eigenvalue weighted by molar-refractivity contribution is 0.166. The fourth-order valence-corrected chi connectivity index (χ4v) is 3.41. The van der Waals surface area contributed by atoms with Crippen LogP contribution in [0.3, 0.4) is 0 Å². The van der Waals surface area contributed by atoms with Crippen molar-refractivity contribution in [1.82, 2.24) is 10.2 Å². The van der Waals surface area contributed by atoms with Crippen LogP contribution < -0.4 is 5.32 Å². The van der Waals surface area contributed by atoms with Gasteiger partial charge in [0.05, 0.1) is 0 Å². The third-order valence-corrected chi connectivity index (χ3v) is 4.34. The van der Waals surface area contributed by atoms with Crippen molar-refractivity contribution in [3.63, 3.8) is 0 Å². The van der Waals surface area contributed by atoms with Gasteiger partial charge in [0, 0.05) is 26.2 Å². The second-order valence-electron chi connectivity index (χ2n) is 6.64. The molecule has 2 atom stereocenters. The Bertz CT molecular complexity index is 235. The van der Waals surface area contributed by atoms with Crippen LogP contribution in [0.4, 0.5) is 0 Å². The standard InChI is InChI=1S/C16H34N2O/c1-4-8-16(3,13-17-9-5-2)14-18-10-6-15(12-18)7-11-19/h15,17,19H,4-14H2,1-3H3. The Balaban J connectivity index is 2.39. The first kappa shape index (κ1) is 16.9. The van der Waals surface area contributed by atoms with Crippen molar-refractivity contribution in [3.05, 3.63) is 0 Å². The third-order valence-electron chi connectivity index (χ3n) is 4.34. The van der Waals surface area contributed by atoms with E-state index in [4.69, 9.17) is 5.11 Å². The van der Waals surface area contributed by atoms with Gasteiger partial charge in [-0.2, -0.15) is 0 Å². The Morgan fingerprint density at radius 2 is 2.11 bits per heavy atom. The highest BCUT2D eigenvalue weighted by atomic mass is 16.3. The van der Waals surface area contributed by atoms with Gasteiger partial charge >= 0.3 is 0 Å². The van der Waals surface area contributed by atoms with Crippen LogP contribution in [0.1, 0.15) is 52.9 Å². The Kier molecular flexibility index (Phi) is 7.96. The van der Waals surface area contributed by atoms with Gasteiger partial charge in [-0.1, -0.05) is 27.2 Å². The van der Waals surface area contributed by atoms with Gasteiger partial charge in [-0.3, -0.25) is 0 Å². The maximum atomic E-state index is 9.04. The van der Waals surface area contributed by atoms with Crippen molar-refractivity contribution >= 4 is 0 Å². The molecule has 1 aliphatic heterocycles. The molecule has 0 spiro atoms. The van der Waals surface area contributed by atoms with Gasteiger partial charge in [-0.15, -0.1) is 0 Å². The molecule has 1 heterocycles. The van der Waals surface area contributed by atoms with Crippen LogP contribution in [0.25, 0.3) is 0 Å². The molecule has 3 heteroatoms. The zero-order chi connectivity index (χ0) is 14.1. The van der Waals surface area contributed by atoms with Gasteiger partial charge in [0.15, 0.2) is 0 Å². The van der Waals surface area contributed by atoms with Crippen LogP contribution >= 0.6 is 0 Å². The van der Waals surface area contributed by atoms with Gasteiger partial charge in [0.1, 0.15) is 0 Å². The summed E-state index contributed by atoms with van der Waals surface area (Å²) >= 11 is 0. The minimum absolute atomic E-state index is 0.350. The maximum absolute atomic E-state index is 9.04. The van der Waals surface area contributed by atoms with Crippen molar-refractivity contribution < 1.29 is 5.11 Å². The summed E-state index contributed by atoms with van der Waals surface area (Å²) in [6, 6.07) is 0. The molecule has 0 amide bonds. The molecular formula is C16H34N2O. The van der Waals surface area contributed by atoms with Gasteiger partial charge in [-0.25, -0.2) is 0 Å². The molecule has 19 heavy (non-hydrogen) atoms. The van der Waals surface area contributed by atoms with Crippen LogP contribution in [0.5, 0.6) is 0 Å². The van der Waals surface area contributed by atoms with Gasteiger partial charge in [0.2, 0.25) is 0 Å². The quantitative estimate of drug-likeness (QED) is 0.599. The van der Waals surface area contributed by atoms with Crippen molar-refractivity contribution in [1.29, 1.82) is 0 Å². The average Bonchev–Trinajstić information content (AvgIpc) is 2.77. The predicted octanol–water partition coefficient (Wildman–Crippen LogP) is 2.50. The van der Waals surface area contributed by atoms with Gasteiger partial charge in [-0.05, 0) is 50.1 Å². The smallest absolute Gasteiger partial charge is 0.0434 e. The molecule has 1 rings (SSSR count). The highest BCUT2D eigenvalue weighted by Gasteiger charge is 2.30. The SMILES string of the molecule is CCCNCC(C)(CCC)CN1CCC(CCO)C1. The summed E-state index contributed by atoms with van der Waals surface area (Å²) in [5.41, 5.74) is 0.401. The number of rotatable bonds is 10. The van der Waals surface area contributed by atoms with E-state index in [0.29, 0.717) is 12.0 Å². The van der Waals surface area contributed by atoms with E-state index >= 15 is 0 Å². The molecule has 0 saturated carbocycles. The van der Waals surface area contributed by atoms with Crippen molar-refractivity contribution in [2.75, 3.05) is 39.3 Å². The number of aliphatic hydroxyl groups excluding tert-OH is 1. The van der Waals surface area contributed by atoms with E-state index in [1.807, 2.05) is 0 Å². The van der Waals surface area contributed by atoms with E-state index < -0.39 is 0 Å². The molecule has 0 radical (unpaired) electrons. The predicted molar refractivity (Wildman–Crippen MR) is 82.4 cm³/mol. The van der Waals surface area contributed by atoms with E-state index in [2.05, 4.69) is 31.0 Å². The topological polar surface area (TPSA) is 35.5 Å². The number of likely N-dealkylation sites (tertiary alicyclic amines) is 1. The van der Waals surface area contributed by atoms with E-state index in [0.717, 1.165) is 25.4 Å². The number of hydrogen-bond donors (Lipinski definition) is 2. The van der Waals surface area contributed by atoms with Gasteiger partial charge in [0.25, 0.3) is 0 Å². The molecule has 0 aromatic rings. The molecule has 1 saturated heterocycles. The molecule has 1 fully saturated rings. The first-order valence-electron chi connectivity index (χ1n) is 8.17. The van der Waals surface area contributed by atoms with E-state index in [1.54, 1.807) is 0 Å². The molecule has 1 aliphatic rings. The Hall–Kier alpha value is -0.120. The van der Waals surface area contributed by atoms with E-state index in [1.165, 1.54) is 45.3 Å². The van der Waals surface area contributed by atoms with Crippen molar-refractivity contribution in [2.45, 2.75) is 52.9 Å². The highest BCUT2D eigenvalue weighted by molar-refractivity contribution is 4.84. The lowest BCUT2D eigenvalue weighted by atomic mass is 9.84. The summed E-state index contributed by atoms with van der Waals surface area (Å²) in [4.78, 5) is 2.61. The molecule has 0 aliphatic carbocycles. The number of nitrogens with one attached hydrogen (secondary N) is 1. The van der Waals surface area contributed by atoms with Crippen molar-refractivity contribution in [2.24, 2.45) is 11.3 Å². The maximum Gasteiger partial charge on any atom is 0.0434 e. The number of hydrogen-bond acceptors (Lipinski definition) is 3. The van der Waals surface area contributed by atoms with E-state index in [9.17, 15) is 0 Å².